The summed E-state index contributed by atoms with van der Waals surface area (Å²) in [6, 6.07) is 8.99. The number of hydrogen-bond acceptors (Lipinski definition) is 5. The summed E-state index contributed by atoms with van der Waals surface area (Å²) >= 11 is 7.05. The molecule has 4 nitrogen and oxygen atoms in total. The monoisotopic (exact) mass is 310 g/mol. The SMILES string of the molecule is O=C(COCc1ccc2c(c1)OCO2)c1ccc(Cl)s1. The van der Waals surface area contributed by atoms with Crippen LogP contribution in [-0.4, -0.2) is 19.2 Å². The molecule has 0 atom stereocenters. The van der Waals surface area contributed by atoms with E-state index in [1.807, 2.05) is 18.2 Å². The van der Waals surface area contributed by atoms with Crippen LogP contribution in [-0.2, 0) is 11.3 Å². The molecular formula is C14H11ClO4S. The van der Waals surface area contributed by atoms with E-state index >= 15 is 0 Å². The average Bonchev–Trinajstić information content (AvgIpc) is 3.06. The topological polar surface area (TPSA) is 44.8 Å². The van der Waals surface area contributed by atoms with E-state index in [2.05, 4.69) is 0 Å². The first kappa shape index (κ1) is 13.4. The van der Waals surface area contributed by atoms with Crippen molar-refractivity contribution in [1.82, 2.24) is 0 Å². The molecule has 0 amide bonds. The molecule has 6 heteroatoms. The first-order valence-electron chi connectivity index (χ1n) is 5.97. The summed E-state index contributed by atoms with van der Waals surface area (Å²) in [4.78, 5) is 12.4. The highest BCUT2D eigenvalue weighted by Gasteiger charge is 2.14. The van der Waals surface area contributed by atoms with Crippen LogP contribution >= 0.6 is 22.9 Å². The van der Waals surface area contributed by atoms with Crippen LogP contribution in [0, 0.1) is 0 Å². The Morgan fingerprint density at radius 1 is 1.25 bits per heavy atom. The van der Waals surface area contributed by atoms with E-state index in [9.17, 15) is 4.79 Å². The molecule has 2 heterocycles. The predicted octanol–water partition coefficient (Wildman–Crippen LogP) is 3.53. The molecule has 1 aromatic carbocycles. The molecule has 0 saturated carbocycles. The Bertz CT molecular complexity index is 638. The van der Waals surface area contributed by atoms with Crippen molar-refractivity contribution < 1.29 is 19.0 Å². The molecule has 0 N–H and O–H groups in total. The van der Waals surface area contributed by atoms with Gasteiger partial charge in [0.2, 0.25) is 6.79 Å². The van der Waals surface area contributed by atoms with Crippen LogP contribution in [0.3, 0.4) is 0 Å². The van der Waals surface area contributed by atoms with E-state index in [0.717, 1.165) is 11.3 Å². The van der Waals surface area contributed by atoms with Crippen molar-refractivity contribution in [2.75, 3.05) is 13.4 Å². The lowest BCUT2D eigenvalue weighted by molar-refractivity contribution is 0.0730. The number of Topliss-reactive ketones (excluding diaryl/α,β-unsaturated/α-hetero) is 1. The van der Waals surface area contributed by atoms with Crippen LogP contribution in [0.5, 0.6) is 11.5 Å². The Morgan fingerprint density at radius 2 is 2.10 bits per heavy atom. The molecular weight excluding hydrogens is 300 g/mol. The maximum absolute atomic E-state index is 11.8. The molecule has 0 fully saturated rings. The van der Waals surface area contributed by atoms with E-state index in [1.165, 1.54) is 11.3 Å². The molecule has 1 aliphatic rings. The molecule has 1 aromatic heterocycles. The summed E-state index contributed by atoms with van der Waals surface area (Å²) in [7, 11) is 0. The lowest BCUT2D eigenvalue weighted by atomic mass is 10.2. The molecule has 2 aromatic rings. The van der Waals surface area contributed by atoms with Gasteiger partial charge in [0, 0.05) is 0 Å². The van der Waals surface area contributed by atoms with Crippen LogP contribution in [0.4, 0.5) is 0 Å². The van der Waals surface area contributed by atoms with Gasteiger partial charge in [-0.15, -0.1) is 11.3 Å². The van der Waals surface area contributed by atoms with Crippen molar-refractivity contribution in [3.8, 4) is 11.5 Å². The van der Waals surface area contributed by atoms with Gasteiger partial charge in [-0.05, 0) is 29.8 Å². The summed E-state index contributed by atoms with van der Waals surface area (Å²) in [5.41, 5.74) is 0.936. The van der Waals surface area contributed by atoms with E-state index in [-0.39, 0.29) is 19.2 Å². The van der Waals surface area contributed by atoms with Crippen molar-refractivity contribution in [2.24, 2.45) is 0 Å². The van der Waals surface area contributed by atoms with Gasteiger partial charge in [0.1, 0.15) is 6.61 Å². The van der Waals surface area contributed by atoms with Crippen LogP contribution in [0.25, 0.3) is 0 Å². The maximum Gasteiger partial charge on any atom is 0.231 e. The third-order valence-electron chi connectivity index (χ3n) is 2.79. The summed E-state index contributed by atoms with van der Waals surface area (Å²) < 4.78 is 16.5. The van der Waals surface area contributed by atoms with E-state index in [1.54, 1.807) is 12.1 Å². The van der Waals surface area contributed by atoms with E-state index < -0.39 is 0 Å². The number of benzene rings is 1. The number of hydrogen-bond donors (Lipinski definition) is 0. The maximum atomic E-state index is 11.8. The van der Waals surface area contributed by atoms with Gasteiger partial charge in [0.25, 0.3) is 0 Å². The van der Waals surface area contributed by atoms with Crippen molar-refractivity contribution >= 4 is 28.7 Å². The van der Waals surface area contributed by atoms with Crippen molar-refractivity contribution in [3.63, 3.8) is 0 Å². The number of thiophene rings is 1. The van der Waals surface area contributed by atoms with Crippen LogP contribution in [0.15, 0.2) is 30.3 Å². The largest absolute Gasteiger partial charge is 0.454 e. The summed E-state index contributed by atoms with van der Waals surface area (Å²) in [6.45, 7) is 0.629. The highest BCUT2D eigenvalue weighted by molar-refractivity contribution is 7.18. The highest BCUT2D eigenvalue weighted by Crippen LogP contribution is 2.32. The first-order chi connectivity index (χ1) is 9.72. The van der Waals surface area contributed by atoms with Crippen LogP contribution in [0.2, 0.25) is 4.34 Å². The van der Waals surface area contributed by atoms with Gasteiger partial charge in [-0.25, -0.2) is 0 Å². The molecule has 20 heavy (non-hydrogen) atoms. The molecule has 0 radical (unpaired) electrons. The summed E-state index contributed by atoms with van der Waals surface area (Å²) in [5.74, 6) is 1.38. The molecule has 0 saturated heterocycles. The smallest absolute Gasteiger partial charge is 0.231 e. The number of ether oxygens (including phenoxy) is 3. The fraction of sp³-hybridized carbons (Fsp3) is 0.214. The second-order valence-electron chi connectivity index (χ2n) is 4.21. The second-order valence-corrected chi connectivity index (χ2v) is 5.92. The molecule has 0 spiro atoms. The minimum Gasteiger partial charge on any atom is -0.454 e. The van der Waals surface area contributed by atoms with Gasteiger partial charge in [-0.1, -0.05) is 17.7 Å². The van der Waals surface area contributed by atoms with Crippen LogP contribution in [0.1, 0.15) is 15.2 Å². The Kier molecular flexibility index (Phi) is 3.91. The number of halogens is 1. The molecule has 0 bridgehead atoms. The van der Waals surface area contributed by atoms with Crippen molar-refractivity contribution in [1.29, 1.82) is 0 Å². The minimum atomic E-state index is -0.0670. The fourth-order valence-corrected chi connectivity index (χ4v) is 2.79. The third kappa shape index (κ3) is 2.95. The number of carbonyl (C=O) groups excluding carboxylic acids is 1. The molecule has 0 unspecified atom stereocenters. The number of rotatable bonds is 5. The fourth-order valence-electron chi connectivity index (χ4n) is 1.83. The summed E-state index contributed by atoms with van der Waals surface area (Å²) in [5, 5.41) is 0. The van der Waals surface area contributed by atoms with Crippen molar-refractivity contribution in [2.45, 2.75) is 6.61 Å². The van der Waals surface area contributed by atoms with Gasteiger partial charge in [-0.3, -0.25) is 4.79 Å². The molecule has 1 aliphatic heterocycles. The Morgan fingerprint density at radius 3 is 2.90 bits per heavy atom. The predicted molar refractivity (Wildman–Crippen MR) is 75.9 cm³/mol. The highest BCUT2D eigenvalue weighted by atomic mass is 35.5. The second kappa shape index (κ2) is 5.83. The van der Waals surface area contributed by atoms with Gasteiger partial charge < -0.3 is 14.2 Å². The van der Waals surface area contributed by atoms with Gasteiger partial charge in [0.05, 0.1) is 15.8 Å². The Hall–Kier alpha value is -1.56. The number of ketones is 1. The third-order valence-corrected chi connectivity index (χ3v) is 4.06. The standard InChI is InChI=1S/C14H11ClO4S/c15-14-4-3-13(20-14)10(16)7-17-6-9-1-2-11-12(5-9)19-8-18-11/h1-5H,6-8H2. The van der Waals surface area contributed by atoms with Crippen LogP contribution < -0.4 is 9.47 Å². The average molecular weight is 311 g/mol. The Labute approximate surface area is 124 Å². The lowest BCUT2D eigenvalue weighted by Crippen LogP contribution is -2.07. The zero-order valence-electron chi connectivity index (χ0n) is 10.4. The van der Waals surface area contributed by atoms with Gasteiger partial charge in [-0.2, -0.15) is 0 Å². The zero-order chi connectivity index (χ0) is 13.9. The van der Waals surface area contributed by atoms with Gasteiger partial charge in [0.15, 0.2) is 17.3 Å². The number of fused-ring (bicyclic) bond motifs is 1. The first-order valence-corrected chi connectivity index (χ1v) is 7.16. The van der Waals surface area contributed by atoms with Crippen molar-refractivity contribution in [3.05, 3.63) is 45.1 Å². The van der Waals surface area contributed by atoms with Gasteiger partial charge >= 0.3 is 0 Å². The molecule has 3 rings (SSSR count). The quantitative estimate of drug-likeness (QED) is 0.793. The lowest BCUT2D eigenvalue weighted by Gasteiger charge is -2.04. The Balaban J connectivity index is 1.54. The number of carbonyl (C=O) groups is 1. The zero-order valence-corrected chi connectivity index (χ0v) is 12.0. The van der Waals surface area contributed by atoms with E-state index in [4.69, 9.17) is 25.8 Å². The molecule has 104 valence electrons. The summed E-state index contributed by atoms with van der Waals surface area (Å²) in [6.07, 6.45) is 0. The molecule has 0 aliphatic carbocycles. The normalized spacial score (nSPS) is 12.7. The van der Waals surface area contributed by atoms with E-state index in [0.29, 0.717) is 21.6 Å². The minimum absolute atomic E-state index is 0.0330.